The minimum absolute atomic E-state index is 0.359. The van der Waals surface area contributed by atoms with Crippen molar-refractivity contribution in [3.05, 3.63) is 0 Å². The lowest BCUT2D eigenvalue weighted by Gasteiger charge is -2.32. The van der Waals surface area contributed by atoms with Gasteiger partial charge in [0.25, 0.3) is 0 Å². The van der Waals surface area contributed by atoms with E-state index in [1.807, 2.05) is 0 Å². The van der Waals surface area contributed by atoms with Gasteiger partial charge < -0.3 is 4.90 Å². The van der Waals surface area contributed by atoms with Crippen molar-refractivity contribution >= 4 is 17.5 Å². The van der Waals surface area contributed by atoms with E-state index in [2.05, 4.69) is 4.90 Å². The smallest absolute Gasteiger partial charge is 0.223 e. The summed E-state index contributed by atoms with van der Waals surface area (Å²) in [5.41, 5.74) is 0. The molecule has 0 N–H and O–H groups in total. The highest BCUT2D eigenvalue weighted by atomic mass is 35.5. The quantitative estimate of drug-likeness (QED) is 0.680. The van der Waals surface area contributed by atoms with E-state index in [1.165, 1.54) is 44.9 Å². The molecule has 0 unspecified atom stereocenters. The molecule has 0 aromatic carbocycles. The molecule has 92 valence electrons. The van der Waals surface area contributed by atoms with Crippen LogP contribution in [0.1, 0.15) is 51.4 Å². The largest absolute Gasteiger partial charge is 0.339 e. The third kappa shape index (κ3) is 2.91. The Kier molecular flexibility index (Phi) is 4.51. The molecular weight excluding hydrogens is 222 g/mol. The topological polar surface area (TPSA) is 20.3 Å². The van der Waals surface area contributed by atoms with E-state index < -0.39 is 0 Å². The molecule has 3 heteroatoms. The minimum Gasteiger partial charge on any atom is -0.339 e. The van der Waals surface area contributed by atoms with Crippen molar-refractivity contribution in [3.63, 3.8) is 0 Å². The Morgan fingerprint density at radius 2 is 1.81 bits per heavy atom. The molecule has 2 aliphatic rings. The SMILES string of the molecule is O=C(CC1CCC1)N(CCCl)C1CCCC1. The zero-order valence-electron chi connectivity index (χ0n) is 9.96. The maximum Gasteiger partial charge on any atom is 0.223 e. The average Bonchev–Trinajstić information content (AvgIpc) is 2.72. The molecule has 0 spiro atoms. The van der Waals surface area contributed by atoms with Crippen LogP contribution < -0.4 is 0 Å². The molecule has 0 aromatic heterocycles. The summed E-state index contributed by atoms with van der Waals surface area (Å²) in [7, 11) is 0. The second kappa shape index (κ2) is 5.90. The van der Waals surface area contributed by atoms with Gasteiger partial charge in [0, 0.05) is 24.9 Å². The first-order valence-corrected chi connectivity index (χ1v) is 7.20. The summed E-state index contributed by atoms with van der Waals surface area (Å²) in [4.78, 5) is 14.3. The van der Waals surface area contributed by atoms with Gasteiger partial charge >= 0.3 is 0 Å². The van der Waals surface area contributed by atoms with Gasteiger partial charge in [-0.1, -0.05) is 19.3 Å². The maximum absolute atomic E-state index is 12.2. The van der Waals surface area contributed by atoms with E-state index in [-0.39, 0.29) is 0 Å². The molecule has 2 nitrogen and oxygen atoms in total. The molecule has 0 aromatic rings. The third-order valence-electron chi connectivity index (χ3n) is 4.10. The first-order chi connectivity index (χ1) is 7.81. The van der Waals surface area contributed by atoms with Gasteiger partial charge in [-0.25, -0.2) is 0 Å². The van der Waals surface area contributed by atoms with Crippen LogP contribution in [0.4, 0.5) is 0 Å². The standard InChI is InChI=1S/C13H22ClNO/c14-8-9-15(12-6-1-2-7-12)13(16)10-11-4-3-5-11/h11-12H,1-10H2. The van der Waals surface area contributed by atoms with Gasteiger partial charge in [-0.3, -0.25) is 4.79 Å². The maximum atomic E-state index is 12.2. The number of amides is 1. The van der Waals surface area contributed by atoms with Crippen molar-refractivity contribution in [2.45, 2.75) is 57.4 Å². The number of hydrogen-bond acceptors (Lipinski definition) is 1. The Hall–Kier alpha value is -0.240. The summed E-state index contributed by atoms with van der Waals surface area (Å²) in [6, 6.07) is 0.492. The number of carbonyl (C=O) groups excluding carboxylic acids is 1. The molecule has 0 aliphatic heterocycles. The Bertz CT molecular complexity index is 234. The number of nitrogens with zero attached hydrogens (tertiary/aromatic N) is 1. The lowest BCUT2D eigenvalue weighted by Crippen LogP contribution is -2.41. The summed E-state index contributed by atoms with van der Waals surface area (Å²) in [5.74, 6) is 1.61. The van der Waals surface area contributed by atoms with Crippen LogP contribution in [0.3, 0.4) is 0 Å². The predicted octanol–water partition coefficient (Wildman–Crippen LogP) is 3.19. The molecule has 0 atom stereocenters. The summed E-state index contributed by atoms with van der Waals surface area (Å²) >= 11 is 5.81. The molecule has 16 heavy (non-hydrogen) atoms. The molecule has 0 saturated heterocycles. The van der Waals surface area contributed by atoms with Gasteiger partial charge in [0.2, 0.25) is 5.91 Å². The second-order valence-electron chi connectivity index (χ2n) is 5.22. The van der Waals surface area contributed by atoms with Crippen LogP contribution in [0.2, 0.25) is 0 Å². The second-order valence-corrected chi connectivity index (χ2v) is 5.59. The van der Waals surface area contributed by atoms with E-state index in [0.29, 0.717) is 23.7 Å². The molecular formula is C13H22ClNO. The molecule has 2 aliphatic carbocycles. The van der Waals surface area contributed by atoms with Crippen LogP contribution in [0.25, 0.3) is 0 Å². The van der Waals surface area contributed by atoms with E-state index in [0.717, 1.165) is 13.0 Å². The predicted molar refractivity (Wildman–Crippen MR) is 66.6 cm³/mol. The van der Waals surface area contributed by atoms with Crippen molar-refractivity contribution in [1.29, 1.82) is 0 Å². The fourth-order valence-electron chi connectivity index (χ4n) is 2.88. The van der Waals surface area contributed by atoms with Crippen LogP contribution in [-0.2, 0) is 4.79 Å². The van der Waals surface area contributed by atoms with Gasteiger partial charge in [0.05, 0.1) is 0 Å². The highest BCUT2D eigenvalue weighted by Crippen LogP contribution is 2.31. The van der Waals surface area contributed by atoms with E-state index >= 15 is 0 Å². The zero-order chi connectivity index (χ0) is 11.4. The lowest BCUT2D eigenvalue weighted by molar-refractivity contribution is -0.134. The van der Waals surface area contributed by atoms with Crippen molar-refractivity contribution < 1.29 is 4.79 Å². The van der Waals surface area contributed by atoms with E-state index in [1.54, 1.807) is 0 Å². The summed E-state index contributed by atoms with van der Waals surface area (Å²) in [6.45, 7) is 0.748. The average molecular weight is 244 g/mol. The number of alkyl halides is 1. The lowest BCUT2D eigenvalue weighted by atomic mass is 9.82. The summed E-state index contributed by atoms with van der Waals surface area (Å²) in [6.07, 6.45) is 9.53. The van der Waals surface area contributed by atoms with Crippen molar-refractivity contribution in [1.82, 2.24) is 4.90 Å². The van der Waals surface area contributed by atoms with Crippen LogP contribution in [0.5, 0.6) is 0 Å². The Labute approximate surface area is 103 Å². The number of carbonyl (C=O) groups is 1. The van der Waals surface area contributed by atoms with Gasteiger partial charge in [-0.05, 0) is 31.6 Å². The summed E-state index contributed by atoms with van der Waals surface area (Å²) < 4.78 is 0. The Morgan fingerprint density at radius 3 is 2.31 bits per heavy atom. The van der Waals surface area contributed by atoms with Crippen LogP contribution in [0, 0.1) is 5.92 Å². The molecule has 1 amide bonds. The van der Waals surface area contributed by atoms with Gasteiger partial charge in [-0.2, -0.15) is 0 Å². The van der Waals surface area contributed by atoms with Crippen molar-refractivity contribution in [2.24, 2.45) is 5.92 Å². The summed E-state index contributed by atoms with van der Waals surface area (Å²) in [5, 5.41) is 0. The molecule has 0 heterocycles. The first-order valence-electron chi connectivity index (χ1n) is 6.66. The number of rotatable bonds is 5. The molecule has 0 bridgehead atoms. The van der Waals surface area contributed by atoms with E-state index in [4.69, 9.17) is 11.6 Å². The fraction of sp³-hybridized carbons (Fsp3) is 0.923. The third-order valence-corrected chi connectivity index (χ3v) is 4.27. The molecule has 2 saturated carbocycles. The minimum atomic E-state index is 0.359. The van der Waals surface area contributed by atoms with Crippen LogP contribution in [-0.4, -0.2) is 29.3 Å². The Balaban J connectivity index is 1.85. The van der Waals surface area contributed by atoms with Gasteiger partial charge in [0.15, 0.2) is 0 Å². The van der Waals surface area contributed by atoms with E-state index in [9.17, 15) is 4.79 Å². The molecule has 0 radical (unpaired) electrons. The highest BCUT2D eigenvalue weighted by Gasteiger charge is 2.29. The highest BCUT2D eigenvalue weighted by molar-refractivity contribution is 6.18. The van der Waals surface area contributed by atoms with Gasteiger partial charge in [-0.15, -0.1) is 11.6 Å². The number of hydrogen-bond donors (Lipinski definition) is 0. The normalized spacial score (nSPS) is 22.1. The van der Waals surface area contributed by atoms with Crippen LogP contribution >= 0.6 is 11.6 Å². The fourth-order valence-corrected chi connectivity index (χ4v) is 3.06. The molecule has 2 rings (SSSR count). The van der Waals surface area contributed by atoms with Crippen LogP contribution in [0.15, 0.2) is 0 Å². The monoisotopic (exact) mass is 243 g/mol. The Morgan fingerprint density at radius 1 is 1.12 bits per heavy atom. The zero-order valence-corrected chi connectivity index (χ0v) is 10.7. The molecule has 2 fully saturated rings. The van der Waals surface area contributed by atoms with Gasteiger partial charge in [0.1, 0.15) is 0 Å². The first kappa shape index (κ1) is 12.2. The number of halogens is 1. The van der Waals surface area contributed by atoms with Crippen molar-refractivity contribution in [2.75, 3.05) is 12.4 Å². The van der Waals surface area contributed by atoms with Crippen molar-refractivity contribution in [3.8, 4) is 0 Å².